The summed E-state index contributed by atoms with van der Waals surface area (Å²) in [6.07, 6.45) is 19.9. The number of aromatic amines is 2. The van der Waals surface area contributed by atoms with E-state index in [1.165, 1.54) is 58.5 Å². The molecule has 3 unspecified atom stereocenters. The third-order valence-electron chi connectivity index (χ3n) is 15.8. The fourth-order valence-corrected chi connectivity index (χ4v) is 11.6. The van der Waals surface area contributed by atoms with Gasteiger partial charge in [0, 0.05) is 69.1 Å². The van der Waals surface area contributed by atoms with E-state index in [0.717, 1.165) is 98.8 Å². The summed E-state index contributed by atoms with van der Waals surface area (Å²) >= 11 is 0. The molecule has 2 saturated heterocycles. The molecule has 360 valence electrons. The van der Waals surface area contributed by atoms with Gasteiger partial charge in [0.15, 0.2) is 0 Å². The molecule has 2 aromatic rings. The highest BCUT2D eigenvalue weighted by atomic mass is 16.5. The van der Waals surface area contributed by atoms with Gasteiger partial charge in [0.1, 0.15) is 11.7 Å². The van der Waals surface area contributed by atoms with Crippen LogP contribution in [0.1, 0.15) is 186 Å². The first kappa shape index (κ1) is 50.2. The number of aliphatic hydroxyl groups excluding tert-OH is 2. The number of aliphatic hydroxyl groups is 2. The summed E-state index contributed by atoms with van der Waals surface area (Å²) in [5, 5.41) is 32.0. The molecule has 0 radical (unpaired) electrons. The first-order valence-electron chi connectivity index (χ1n) is 25.4. The summed E-state index contributed by atoms with van der Waals surface area (Å²) in [4.78, 5) is 34.5. The molecule has 6 N–H and O–H groups in total. The van der Waals surface area contributed by atoms with Gasteiger partial charge in [0.05, 0.1) is 31.2 Å². The highest BCUT2D eigenvalue weighted by Gasteiger charge is 2.47. The summed E-state index contributed by atoms with van der Waals surface area (Å²) in [5.74, 6) is 1.36. The Labute approximate surface area is 390 Å². The van der Waals surface area contributed by atoms with Crippen molar-refractivity contribution in [2.24, 2.45) is 53.3 Å². The average Bonchev–Trinajstić information content (AvgIpc) is 4.00. The number of rotatable bonds is 21. The Bertz CT molecular complexity index is 2220. The summed E-state index contributed by atoms with van der Waals surface area (Å²) in [6.45, 7) is 24.6. The lowest BCUT2D eigenvalue weighted by Crippen LogP contribution is -2.38. The van der Waals surface area contributed by atoms with E-state index in [4.69, 9.17) is 9.47 Å². The van der Waals surface area contributed by atoms with Crippen LogP contribution < -0.4 is 21.2 Å². The molecule has 10 nitrogen and oxygen atoms in total. The molecule has 3 aliphatic heterocycles. The van der Waals surface area contributed by atoms with Crippen LogP contribution in [0.4, 0.5) is 0 Å². The average molecular weight is 897 g/mol. The lowest BCUT2D eigenvalue weighted by atomic mass is 9.80. The number of hydrogen-bond donors (Lipinski definition) is 6. The minimum Gasteiger partial charge on any atom is -0.510 e. The number of allylic oxidation sites excluding steroid dienone is 3. The fourth-order valence-electron chi connectivity index (χ4n) is 11.6. The van der Waals surface area contributed by atoms with Crippen LogP contribution in [0, 0.1) is 67.1 Å². The number of hydrogen-bond acceptors (Lipinski definition) is 8. The maximum atomic E-state index is 13.7. The van der Waals surface area contributed by atoms with E-state index >= 15 is 0 Å². The van der Waals surface area contributed by atoms with Crippen LogP contribution in [-0.4, -0.2) is 51.9 Å². The van der Waals surface area contributed by atoms with Crippen molar-refractivity contribution >= 4 is 41.5 Å². The first-order valence-corrected chi connectivity index (χ1v) is 25.4. The molecule has 8 bridgehead atoms. The molecule has 0 aromatic carbocycles. The number of carbonyl (C=O) groups excluding carboxylic acids is 2. The third kappa shape index (κ3) is 11.3. The van der Waals surface area contributed by atoms with Gasteiger partial charge in [-0.05, 0) is 105 Å². The molecule has 0 spiro atoms. The van der Waals surface area contributed by atoms with Crippen molar-refractivity contribution < 1.29 is 29.3 Å². The van der Waals surface area contributed by atoms with Gasteiger partial charge in [-0.15, -0.1) is 0 Å². The molecule has 10 heteroatoms. The quantitative estimate of drug-likeness (QED) is 0.0679. The Morgan fingerprint density at radius 1 is 0.754 bits per heavy atom. The van der Waals surface area contributed by atoms with Gasteiger partial charge < -0.3 is 40.3 Å². The number of fused-ring (bicyclic) bond motifs is 8. The molecule has 10 atom stereocenters. The first-order chi connectivity index (χ1) is 30.9. The second-order valence-electron chi connectivity index (χ2n) is 21.2. The van der Waals surface area contributed by atoms with Gasteiger partial charge in [0.2, 0.25) is 0 Å². The van der Waals surface area contributed by atoms with Crippen molar-refractivity contribution in [2.75, 3.05) is 13.7 Å². The topological polar surface area (TPSA) is 149 Å². The summed E-state index contributed by atoms with van der Waals surface area (Å²) < 4.78 is 11.3. The van der Waals surface area contributed by atoms with Crippen molar-refractivity contribution in [2.45, 2.75) is 172 Å². The number of H-pyrrole nitrogens is 2. The van der Waals surface area contributed by atoms with Crippen molar-refractivity contribution in [1.29, 1.82) is 0 Å². The van der Waals surface area contributed by atoms with Crippen LogP contribution in [0.3, 0.4) is 0 Å². The molecule has 65 heavy (non-hydrogen) atoms. The van der Waals surface area contributed by atoms with E-state index in [9.17, 15) is 19.8 Å². The Balaban J connectivity index is 1.18. The molecule has 6 rings (SSSR count). The van der Waals surface area contributed by atoms with Crippen LogP contribution in [0.5, 0.6) is 0 Å². The molecule has 0 amide bonds. The van der Waals surface area contributed by atoms with E-state index in [-0.39, 0.29) is 41.8 Å². The maximum Gasteiger partial charge on any atom is 0.320 e. The zero-order valence-corrected chi connectivity index (χ0v) is 42.0. The second-order valence-corrected chi connectivity index (χ2v) is 21.2. The van der Waals surface area contributed by atoms with Crippen molar-refractivity contribution in [3.05, 3.63) is 61.4 Å². The van der Waals surface area contributed by atoms with Gasteiger partial charge in [-0.1, -0.05) is 113 Å². The van der Waals surface area contributed by atoms with Crippen LogP contribution >= 0.6 is 0 Å². The molecular formula is C55H84N4O6. The number of ether oxygens (including phenoxy) is 2. The highest BCUT2D eigenvalue weighted by Crippen LogP contribution is 2.44. The molecule has 0 saturated carbocycles. The van der Waals surface area contributed by atoms with E-state index in [0.29, 0.717) is 24.2 Å². The van der Waals surface area contributed by atoms with Crippen LogP contribution in [0.25, 0.3) is 29.6 Å². The van der Waals surface area contributed by atoms with E-state index in [1.54, 1.807) is 6.92 Å². The third-order valence-corrected chi connectivity index (χ3v) is 15.8. The molecular weight excluding hydrogens is 813 g/mol. The lowest BCUT2D eigenvalue weighted by molar-refractivity contribution is -0.144. The monoisotopic (exact) mass is 897 g/mol. The van der Waals surface area contributed by atoms with Crippen LogP contribution in [0.15, 0.2) is 17.1 Å². The number of nitrogens with one attached hydrogen (secondary N) is 4. The summed E-state index contributed by atoms with van der Waals surface area (Å²) in [7, 11) is 1.36. The molecule has 5 heterocycles. The normalized spacial score (nSPS) is 26.6. The second kappa shape index (κ2) is 22.1. The minimum atomic E-state index is -1.00. The predicted octanol–water partition coefficient (Wildman–Crippen LogP) is 10.6. The predicted molar refractivity (Wildman–Crippen MR) is 264 cm³/mol. The number of methoxy groups -OCH3 is 1. The Morgan fingerprint density at radius 3 is 1.94 bits per heavy atom. The standard InChI is InChI=1S/C55H84N4O6/c1-13-39-34(7)41-29-46-48(38(11)60)36(9)43(57-46)27-42-35(8)40(52(58-42)50-51(55(63)64-12)54(62)49-37(10)44(59-53(49)50)28-45(39)56-41)23-24-47(61)65-26-25-33(6)22-16-21-32(5)20-15-19-31(4)18-14-17-30(2)3/h27-35,38-40,51-52,56-60,62H,13-26H2,1-12H3/b41-29-,42-27-,45-28-/t31-,32-,33?,34-,35+,38?,39+,40+,51-,52?/m1/s1. The number of esters is 2. The van der Waals surface area contributed by atoms with E-state index < -0.39 is 24.0 Å². The smallest absolute Gasteiger partial charge is 0.320 e. The minimum absolute atomic E-state index is 0.0145. The van der Waals surface area contributed by atoms with Gasteiger partial charge in [0.25, 0.3) is 0 Å². The molecule has 2 aromatic heterocycles. The fraction of sp³-hybridized carbons (Fsp3) is 0.673. The molecule has 2 fully saturated rings. The Kier molecular flexibility index (Phi) is 17.1. The summed E-state index contributed by atoms with van der Waals surface area (Å²) in [6, 6.07) is -0.408. The zero-order chi connectivity index (χ0) is 47.3. The Morgan fingerprint density at radius 2 is 1.34 bits per heavy atom. The highest BCUT2D eigenvalue weighted by molar-refractivity contribution is 5.95. The van der Waals surface area contributed by atoms with Crippen molar-refractivity contribution in [3.8, 4) is 0 Å². The van der Waals surface area contributed by atoms with Gasteiger partial charge >= 0.3 is 11.9 Å². The SMILES string of the molecule is CC[C@@H]1/C2=C/c3[nH]c4c(c3C)=C(O)[C@H](C(=O)OC)C=4C3N/C(=C\c4[nH]c(c(C(C)O)c4C)/C=C(\N2)[C@@H]1C)[C@@H](C)[C@@H]3CCC(=O)OCCC(C)CCC[C@H](C)CCC[C@H](C)CCCC(C)C. The lowest BCUT2D eigenvalue weighted by Gasteiger charge is -2.26. The van der Waals surface area contributed by atoms with Crippen molar-refractivity contribution in [1.82, 2.24) is 20.6 Å². The van der Waals surface area contributed by atoms with Gasteiger partial charge in [-0.3, -0.25) is 9.59 Å². The summed E-state index contributed by atoms with van der Waals surface area (Å²) in [5.41, 5.74) is 9.11. The molecule has 1 aliphatic carbocycles. The number of aromatic nitrogens is 2. The van der Waals surface area contributed by atoms with E-state index in [2.05, 4.69) is 94.2 Å². The largest absolute Gasteiger partial charge is 0.510 e. The van der Waals surface area contributed by atoms with Gasteiger partial charge in [-0.2, -0.15) is 0 Å². The maximum absolute atomic E-state index is 13.7. The van der Waals surface area contributed by atoms with Crippen molar-refractivity contribution in [3.63, 3.8) is 0 Å². The Hall–Kier alpha value is -4.18. The van der Waals surface area contributed by atoms with Crippen LogP contribution in [0.2, 0.25) is 0 Å². The van der Waals surface area contributed by atoms with E-state index in [1.807, 2.05) is 13.8 Å². The molecule has 4 aliphatic rings. The van der Waals surface area contributed by atoms with Gasteiger partial charge in [-0.25, -0.2) is 0 Å². The number of carbonyl (C=O) groups is 2. The van der Waals surface area contributed by atoms with Crippen LogP contribution in [-0.2, 0) is 19.1 Å². The zero-order valence-electron chi connectivity index (χ0n) is 42.0.